The second kappa shape index (κ2) is 6.53. The molecule has 2 unspecified atom stereocenters. The van der Waals surface area contributed by atoms with Gasteiger partial charge in [0.25, 0.3) is 0 Å². The predicted molar refractivity (Wildman–Crippen MR) is 82.1 cm³/mol. The summed E-state index contributed by atoms with van der Waals surface area (Å²) in [5.41, 5.74) is 9.00. The summed E-state index contributed by atoms with van der Waals surface area (Å²) in [5, 5.41) is 0. The molecule has 2 nitrogen and oxygen atoms in total. The minimum absolute atomic E-state index is 0.150. The molecule has 1 saturated heterocycles. The second-order valence-corrected chi connectivity index (χ2v) is 6.25. The lowest BCUT2D eigenvalue weighted by Crippen LogP contribution is -2.31. The molecule has 1 aromatic rings. The van der Waals surface area contributed by atoms with Crippen molar-refractivity contribution >= 4 is 0 Å². The minimum Gasteiger partial charge on any atom is -0.323 e. The maximum absolute atomic E-state index is 6.35. The lowest BCUT2D eigenvalue weighted by Gasteiger charge is -2.22. The van der Waals surface area contributed by atoms with Gasteiger partial charge in [-0.25, -0.2) is 0 Å². The molecule has 1 fully saturated rings. The Morgan fingerprint density at radius 3 is 2.47 bits per heavy atom. The number of benzene rings is 1. The summed E-state index contributed by atoms with van der Waals surface area (Å²) in [5.74, 6) is 1.65. The van der Waals surface area contributed by atoms with Gasteiger partial charge in [0, 0.05) is 19.1 Å². The molecule has 1 aliphatic heterocycles. The normalized spacial score (nSPS) is 22.1. The highest BCUT2D eigenvalue weighted by Gasteiger charge is 2.25. The first-order valence-electron chi connectivity index (χ1n) is 7.67. The molecule has 0 aromatic heterocycles. The average Bonchev–Trinajstić information content (AvgIpc) is 2.87. The number of hydrogen-bond acceptors (Lipinski definition) is 2. The van der Waals surface area contributed by atoms with Gasteiger partial charge in [-0.2, -0.15) is 0 Å². The first kappa shape index (κ1) is 14.5. The van der Waals surface area contributed by atoms with E-state index in [0.717, 1.165) is 24.8 Å². The van der Waals surface area contributed by atoms with Crippen molar-refractivity contribution in [1.82, 2.24) is 4.90 Å². The first-order chi connectivity index (χ1) is 9.10. The summed E-state index contributed by atoms with van der Waals surface area (Å²) in [7, 11) is 0. The topological polar surface area (TPSA) is 29.3 Å². The van der Waals surface area contributed by atoms with Crippen molar-refractivity contribution in [2.75, 3.05) is 19.6 Å². The molecule has 0 saturated carbocycles. The van der Waals surface area contributed by atoms with Crippen LogP contribution in [-0.2, 0) is 6.42 Å². The number of rotatable bonds is 5. The molecular weight excluding hydrogens is 232 g/mol. The minimum atomic E-state index is 0.150. The van der Waals surface area contributed by atoms with Gasteiger partial charge in [0.2, 0.25) is 0 Å². The molecular formula is C17H28N2. The van der Waals surface area contributed by atoms with Crippen molar-refractivity contribution in [1.29, 1.82) is 0 Å². The summed E-state index contributed by atoms with van der Waals surface area (Å²) < 4.78 is 0. The van der Waals surface area contributed by atoms with E-state index in [1.54, 1.807) is 0 Å². The smallest absolute Gasteiger partial charge is 0.0424 e. The number of nitrogens with two attached hydrogens (primary N) is 1. The van der Waals surface area contributed by atoms with Gasteiger partial charge in [0.15, 0.2) is 0 Å². The highest BCUT2D eigenvalue weighted by molar-refractivity contribution is 5.25. The number of hydrogen-bond donors (Lipinski definition) is 1. The molecule has 0 spiro atoms. The third-order valence-electron chi connectivity index (χ3n) is 4.52. The third-order valence-corrected chi connectivity index (χ3v) is 4.52. The van der Waals surface area contributed by atoms with Crippen LogP contribution in [0.4, 0.5) is 0 Å². The van der Waals surface area contributed by atoms with Crippen LogP contribution < -0.4 is 5.73 Å². The second-order valence-electron chi connectivity index (χ2n) is 6.25. The van der Waals surface area contributed by atoms with Crippen LogP contribution >= 0.6 is 0 Å². The van der Waals surface area contributed by atoms with E-state index in [9.17, 15) is 0 Å². The Balaban J connectivity index is 1.88. The molecule has 2 atom stereocenters. The van der Waals surface area contributed by atoms with Gasteiger partial charge in [0.05, 0.1) is 0 Å². The van der Waals surface area contributed by atoms with Crippen LogP contribution in [0.5, 0.6) is 0 Å². The largest absolute Gasteiger partial charge is 0.323 e. The zero-order valence-corrected chi connectivity index (χ0v) is 12.6. The molecule has 2 N–H and O–H groups in total. The van der Waals surface area contributed by atoms with Crippen LogP contribution in [0, 0.1) is 11.8 Å². The molecule has 1 aromatic carbocycles. The van der Waals surface area contributed by atoms with Gasteiger partial charge < -0.3 is 10.6 Å². The molecule has 0 amide bonds. The Morgan fingerprint density at radius 2 is 1.95 bits per heavy atom. The summed E-state index contributed by atoms with van der Waals surface area (Å²) in [6.45, 7) is 10.3. The van der Waals surface area contributed by atoms with Crippen LogP contribution in [0.25, 0.3) is 0 Å². The van der Waals surface area contributed by atoms with E-state index in [4.69, 9.17) is 5.73 Å². The van der Waals surface area contributed by atoms with Gasteiger partial charge in [-0.05, 0) is 42.3 Å². The summed E-state index contributed by atoms with van der Waals surface area (Å²) >= 11 is 0. The monoisotopic (exact) mass is 260 g/mol. The number of aryl methyl sites for hydroxylation is 1. The quantitative estimate of drug-likeness (QED) is 0.880. The fourth-order valence-corrected chi connectivity index (χ4v) is 2.96. The van der Waals surface area contributed by atoms with Crippen molar-refractivity contribution in [2.45, 2.75) is 39.7 Å². The van der Waals surface area contributed by atoms with Gasteiger partial charge in [-0.15, -0.1) is 0 Å². The van der Waals surface area contributed by atoms with Gasteiger partial charge in [-0.3, -0.25) is 0 Å². The lowest BCUT2D eigenvalue weighted by atomic mass is 9.95. The van der Waals surface area contributed by atoms with Gasteiger partial charge in [0.1, 0.15) is 0 Å². The van der Waals surface area contributed by atoms with E-state index in [1.165, 1.54) is 30.6 Å². The highest BCUT2D eigenvalue weighted by Crippen LogP contribution is 2.25. The molecule has 1 heterocycles. The van der Waals surface area contributed by atoms with E-state index in [2.05, 4.69) is 49.9 Å². The molecule has 106 valence electrons. The Morgan fingerprint density at radius 1 is 1.26 bits per heavy atom. The van der Waals surface area contributed by atoms with Crippen molar-refractivity contribution in [2.24, 2.45) is 17.6 Å². The van der Waals surface area contributed by atoms with Crippen LogP contribution in [-0.4, -0.2) is 24.5 Å². The van der Waals surface area contributed by atoms with Gasteiger partial charge in [-0.1, -0.05) is 45.0 Å². The SMILES string of the molecule is CCc1ccc(C(N)CN2CCC(C(C)C)C2)cc1. The third kappa shape index (κ3) is 3.80. The summed E-state index contributed by atoms with van der Waals surface area (Å²) in [6, 6.07) is 8.95. The average molecular weight is 260 g/mol. The molecule has 2 rings (SSSR count). The van der Waals surface area contributed by atoms with E-state index in [0.29, 0.717) is 0 Å². The fourth-order valence-electron chi connectivity index (χ4n) is 2.96. The van der Waals surface area contributed by atoms with Gasteiger partial charge >= 0.3 is 0 Å². The zero-order valence-electron chi connectivity index (χ0n) is 12.6. The van der Waals surface area contributed by atoms with Crippen molar-refractivity contribution in [3.63, 3.8) is 0 Å². The summed E-state index contributed by atoms with van der Waals surface area (Å²) in [4.78, 5) is 2.53. The van der Waals surface area contributed by atoms with Crippen LogP contribution in [0.3, 0.4) is 0 Å². The Labute approximate surface area is 118 Å². The maximum atomic E-state index is 6.35. The molecule has 0 aliphatic carbocycles. The molecule has 0 radical (unpaired) electrons. The molecule has 1 aliphatic rings. The molecule has 0 bridgehead atoms. The van der Waals surface area contributed by atoms with E-state index < -0.39 is 0 Å². The Hall–Kier alpha value is -0.860. The molecule has 19 heavy (non-hydrogen) atoms. The molecule has 2 heteroatoms. The zero-order chi connectivity index (χ0) is 13.8. The van der Waals surface area contributed by atoms with Crippen LogP contribution in [0.2, 0.25) is 0 Å². The predicted octanol–water partition coefficient (Wildman–Crippen LogP) is 3.23. The van der Waals surface area contributed by atoms with Crippen molar-refractivity contribution in [3.05, 3.63) is 35.4 Å². The van der Waals surface area contributed by atoms with E-state index >= 15 is 0 Å². The Bertz CT molecular complexity index is 383. The fraction of sp³-hybridized carbons (Fsp3) is 0.647. The van der Waals surface area contributed by atoms with Crippen LogP contribution in [0.1, 0.15) is 44.4 Å². The van der Waals surface area contributed by atoms with Crippen molar-refractivity contribution in [3.8, 4) is 0 Å². The standard InChI is InChI=1S/C17H28N2/c1-4-14-5-7-15(8-6-14)17(18)12-19-10-9-16(11-19)13(2)3/h5-8,13,16-17H,4,9-12,18H2,1-3H3. The highest BCUT2D eigenvalue weighted by atomic mass is 15.2. The number of nitrogens with zero attached hydrogens (tertiary/aromatic N) is 1. The van der Waals surface area contributed by atoms with Crippen LogP contribution in [0.15, 0.2) is 24.3 Å². The first-order valence-corrected chi connectivity index (χ1v) is 7.67. The number of likely N-dealkylation sites (tertiary alicyclic amines) is 1. The van der Waals surface area contributed by atoms with E-state index in [-0.39, 0.29) is 6.04 Å². The summed E-state index contributed by atoms with van der Waals surface area (Å²) in [6.07, 6.45) is 2.43. The van der Waals surface area contributed by atoms with Crippen molar-refractivity contribution < 1.29 is 0 Å². The lowest BCUT2D eigenvalue weighted by molar-refractivity contribution is 0.287. The Kier molecular flexibility index (Phi) is 5.00. The van der Waals surface area contributed by atoms with E-state index in [1.807, 2.05) is 0 Å². The maximum Gasteiger partial charge on any atom is 0.0424 e.